The molecular formula is C24H30N6O. The number of aryl methyl sites for hydroxylation is 1. The Morgan fingerprint density at radius 3 is 2.42 bits per heavy atom. The molecule has 4 rings (SSSR count). The Hall–Kier alpha value is -2.90. The van der Waals surface area contributed by atoms with Crippen molar-refractivity contribution < 1.29 is 4.74 Å². The minimum absolute atomic E-state index is 0.483. The molecule has 1 saturated heterocycles. The fraction of sp³-hybridized carbons (Fsp3) is 0.417. The summed E-state index contributed by atoms with van der Waals surface area (Å²) in [5.74, 6) is 3.00. The third kappa shape index (κ3) is 6.06. The van der Waals surface area contributed by atoms with Crippen molar-refractivity contribution in [3.63, 3.8) is 0 Å². The molecule has 1 aliphatic heterocycles. The van der Waals surface area contributed by atoms with Crippen molar-refractivity contribution in [3.05, 3.63) is 71.6 Å². The maximum absolute atomic E-state index is 5.09. The lowest BCUT2D eigenvalue weighted by Crippen LogP contribution is -2.32. The predicted octanol–water partition coefficient (Wildman–Crippen LogP) is 3.89. The Kier molecular flexibility index (Phi) is 7.17. The number of hydrogen-bond donors (Lipinski definition) is 1. The summed E-state index contributed by atoms with van der Waals surface area (Å²) in [5, 5.41) is 3.33. The van der Waals surface area contributed by atoms with E-state index in [2.05, 4.69) is 37.3 Å². The number of likely N-dealkylation sites (tertiary alicyclic amines) is 1. The van der Waals surface area contributed by atoms with Crippen LogP contribution in [-0.2, 0) is 17.7 Å². The molecule has 4 heterocycles. The number of nitrogens with zero attached hydrogens (tertiary/aromatic N) is 5. The summed E-state index contributed by atoms with van der Waals surface area (Å²) < 4.78 is 5.09. The fourth-order valence-corrected chi connectivity index (χ4v) is 3.92. The SMILES string of the molecule is COCCc1ncc(CN2CCC(c3cccc(Nc4cccc(C)n4)n3)CC2)cn1. The van der Waals surface area contributed by atoms with Gasteiger partial charge in [-0.25, -0.2) is 19.9 Å². The van der Waals surface area contributed by atoms with Gasteiger partial charge in [0.1, 0.15) is 17.5 Å². The molecule has 0 saturated carbocycles. The van der Waals surface area contributed by atoms with E-state index in [1.165, 1.54) is 0 Å². The van der Waals surface area contributed by atoms with Gasteiger partial charge in [-0.05, 0) is 57.1 Å². The van der Waals surface area contributed by atoms with Gasteiger partial charge in [0.25, 0.3) is 0 Å². The van der Waals surface area contributed by atoms with Crippen molar-refractivity contribution in [1.82, 2.24) is 24.8 Å². The molecule has 7 heteroatoms. The van der Waals surface area contributed by atoms with Gasteiger partial charge in [0.05, 0.1) is 6.61 Å². The molecule has 0 atom stereocenters. The first-order valence-electron chi connectivity index (χ1n) is 10.9. The quantitative estimate of drug-likeness (QED) is 0.595. The second-order valence-electron chi connectivity index (χ2n) is 8.04. The van der Waals surface area contributed by atoms with Crippen LogP contribution in [0, 0.1) is 6.92 Å². The van der Waals surface area contributed by atoms with Crippen LogP contribution in [0.4, 0.5) is 11.6 Å². The van der Waals surface area contributed by atoms with Crippen LogP contribution in [0.5, 0.6) is 0 Å². The maximum atomic E-state index is 5.09. The van der Waals surface area contributed by atoms with Gasteiger partial charge in [-0.3, -0.25) is 4.90 Å². The molecule has 31 heavy (non-hydrogen) atoms. The molecule has 3 aromatic rings. The largest absolute Gasteiger partial charge is 0.384 e. The van der Waals surface area contributed by atoms with E-state index in [-0.39, 0.29) is 0 Å². The van der Waals surface area contributed by atoms with E-state index in [9.17, 15) is 0 Å². The molecular weight excluding hydrogens is 388 g/mol. The highest BCUT2D eigenvalue weighted by Crippen LogP contribution is 2.28. The van der Waals surface area contributed by atoms with Crippen molar-refractivity contribution in [2.24, 2.45) is 0 Å². The normalized spacial score (nSPS) is 15.2. The van der Waals surface area contributed by atoms with Gasteiger partial charge in [0.2, 0.25) is 0 Å². The number of anilines is 2. The van der Waals surface area contributed by atoms with Crippen molar-refractivity contribution in [2.75, 3.05) is 32.1 Å². The molecule has 162 valence electrons. The van der Waals surface area contributed by atoms with E-state index in [4.69, 9.17) is 9.72 Å². The number of aromatic nitrogens is 4. The Morgan fingerprint density at radius 1 is 1.00 bits per heavy atom. The average molecular weight is 419 g/mol. The third-order valence-corrected chi connectivity index (χ3v) is 5.62. The number of pyridine rings is 2. The summed E-state index contributed by atoms with van der Waals surface area (Å²) >= 11 is 0. The zero-order valence-electron chi connectivity index (χ0n) is 18.3. The van der Waals surface area contributed by atoms with Crippen molar-refractivity contribution in [3.8, 4) is 0 Å². The summed E-state index contributed by atoms with van der Waals surface area (Å²) in [4.78, 5) is 20.8. The van der Waals surface area contributed by atoms with Crippen molar-refractivity contribution >= 4 is 11.6 Å². The maximum Gasteiger partial charge on any atom is 0.131 e. The minimum atomic E-state index is 0.483. The van der Waals surface area contributed by atoms with Crippen LogP contribution in [0.3, 0.4) is 0 Å². The minimum Gasteiger partial charge on any atom is -0.384 e. The highest BCUT2D eigenvalue weighted by atomic mass is 16.5. The molecule has 1 N–H and O–H groups in total. The lowest BCUT2D eigenvalue weighted by Gasteiger charge is -2.31. The van der Waals surface area contributed by atoms with E-state index in [0.717, 1.165) is 73.3 Å². The summed E-state index contributed by atoms with van der Waals surface area (Å²) in [6, 6.07) is 12.2. The Balaban J connectivity index is 1.30. The van der Waals surface area contributed by atoms with Crippen molar-refractivity contribution in [2.45, 2.75) is 38.6 Å². The first-order valence-corrected chi connectivity index (χ1v) is 10.9. The van der Waals surface area contributed by atoms with Gasteiger partial charge in [-0.2, -0.15) is 0 Å². The zero-order chi connectivity index (χ0) is 21.5. The molecule has 0 aromatic carbocycles. The Morgan fingerprint density at radius 2 is 1.71 bits per heavy atom. The molecule has 0 radical (unpaired) electrons. The molecule has 0 aliphatic carbocycles. The van der Waals surface area contributed by atoms with E-state index in [0.29, 0.717) is 12.5 Å². The number of nitrogens with one attached hydrogen (secondary N) is 1. The molecule has 1 fully saturated rings. The van der Waals surface area contributed by atoms with Crippen LogP contribution in [0.25, 0.3) is 0 Å². The van der Waals surface area contributed by atoms with E-state index in [1.54, 1.807) is 7.11 Å². The highest BCUT2D eigenvalue weighted by Gasteiger charge is 2.22. The van der Waals surface area contributed by atoms with Crippen molar-refractivity contribution in [1.29, 1.82) is 0 Å². The molecule has 1 aliphatic rings. The smallest absolute Gasteiger partial charge is 0.131 e. The standard InChI is InChI=1S/C24H30N6O/c1-18-5-3-7-23(27-18)29-24-8-4-6-21(28-24)20-9-12-30(13-10-20)17-19-15-25-22(26-16-19)11-14-31-2/h3-8,15-16,20H,9-14,17H2,1-2H3,(H,27,28,29). The van der Waals surface area contributed by atoms with Crippen LogP contribution in [0.15, 0.2) is 48.8 Å². The first-order chi connectivity index (χ1) is 15.2. The Bertz CT molecular complexity index is 970. The van der Waals surface area contributed by atoms with Gasteiger partial charge < -0.3 is 10.1 Å². The monoisotopic (exact) mass is 418 g/mol. The molecule has 0 amide bonds. The van der Waals surface area contributed by atoms with E-state index in [1.807, 2.05) is 43.6 Å². The first kappa shape index (κ1) is 21.3. The Labute approximate surface area is 183 Å². The second-order valence-corrected chi connectivity index (χ2v) is 8.04. The number of ether oxygens (including phenoxy) is 1. The van der Waals surface area contributed by atoms with E-state index >= 15 is 0 Å². The number of hydrogen-bond acceptors (Lipinski definition) is 7. The average Bonchev–Trinajstić information content (AvgIpc) is 2.79. The van der Waals surface area contributed by atoms with Crippen LogP contribution in [0.1, 0.15) is 41.5 Å². The molecule has 0 spiro atoms. The molecule has 0 unspecified atom stereocenters. The number of methoxy groups -OCH3 is 1. The second kappa shape index (κ2) is 10.4. The van der Waals surface area contributed by atoms with Crippen LogP contribution in [-0.4, -0.2) is 51.6 Å². The van der Waals surface area contributed by atoms with Gasteiger partial charge in [0, 0.05) is 55.3 Å². The fourth-order valence-electron chi connectivity index (χ4n) is 3.92. The molecule has 7 nitrogen and oxygen atoms in total. The summed E-state index contributed by atoms with van der Waals surface area (Å²) in [6.45, 7) is 5.64. The molecule has 0 bridgehead atoms. The number of piperidine rings is 1. The van der Waals surface area contributed by atoms with Gasteiger partial charge >= 0.3 is 0 Å². The van der Waals surface area contributed by atoms with Gasteiger partial charge in [-0.1, -0.05) is 12.1 Å². The summed E-state index contributed by atoms with van der Waals surface area (Å²) in [5.41, 5.74) is 3.31. The summed E-state index contributed by atoms with van der Waals surface area (Å²) in [6.07, 6.45) is 6.85. The lowest BCUT2D eigenvalue weighted by molar-refractivity contribution is 0.199. The predicted molar refractivity (Wildman–Crippen MR) is 121 cm³/mol. The number of rotatable bonds is 8. The molecule has 3 aromatic heterocycles. The lowest BCUT2D eigenvalue weighted by atomic mass is 9.93. The van der Waals surface area contributed by atoms with E-state index < -0.39 is 0 Å². The van der Waals surface area contributed by atoms with Gasteiger partial charge in [0.15, 0.2) is 0 Å². The van der Waals surface area contributed by atoms with Crippen LogP contribution < -0.4 is 5.32 Å². The van der Waals surface area contributed by atoms with Crippen LogP contribution in [0.2, 0.25) is 0 Å². The topological polar surface area (TPSA) is 76.1 Å². The highest BCUT2D eigenvalue weighted by molar-refractivity contribution is 5.51. The third-order valence-electron chi connectivity index (χ3n) is 5.62. The summed E-state index contributed by atoms with van der Waals surface area (Å²) in [7, 11) is 1.70. The van der Waals surface area contributed by atoms with Crippen LogP contribution >= 0.6 is 0 Å². The van der Waals surface area contributed by atoms with Gasteiger partial charge in [-0.15, -0.1) is 0 Å². The zero-order valence-corrected chi connectivity index (χ0v) is 18.3.